The Balaban J connectivity index is 1.95. The van der Waals surface area contributed by atoms with E-state index in [1.54, 1.807) is 25.3 Å². The maximum absolute atomic E-state index is 12.4. The zero-order valence-corrected chi connectivity index (χ0v) is 15.6. The van der Waals surface area contributed by atoms with E-state index in [1.165, 1.54) is 19.5 Å². The van der Waals surface area contributed by atoms with Crippen LogP contribution < -0.4 is 20.1 Å². The fourth-order valence-corrected chi connectivity index (χ4v) is 2.23. The summed E-state index contributed by atoms with van der Waals surface area (Å²) in [5.74, 6) is 1.35. The van der Waals surface area contributed by atoms with Gasteiger partial charge in [-0.15, -0.1) is 0 Å². The number of amides is 1. The normalized spacial score (nSPS) is 10.5. The van der Waals surface area contributed by atoms with E-state index in [1.807, 2.05) is 14.1 Å². The molecule has 0 saturated heterocycles. The van der Waals surface area contributed by atoms with Crippen LogP contribution in [0.3, 0.4) is 0 Å². The predicted molar refractivity (Wildman–Crippen MR) is 101 cm³/mol. The minimum Gasteiger partial charge on any atom is -0.497 e. The molecule has 1 aromatic carbocycles. The molecule has 0 atom stereocenters. The number of rotatable bonds is 9. The van der Waals surface area contributed by atoms with Gasteiger partial charge in [0.15, 0.2) is 0 Å². The van der Waals surface area contributed by atoms with E-state index in [9.17, 15) is 4.79 Å². The molecule has 1 heterocycles. The number of carbonyl (C=O) groups excluding carboxylic acids is 1. The minimum absolute atomic E-state index is 0.312. The Morgan fingerprint density at radius 2 is 1.88 bits per heavy atom. The van der Waals surface area contributed by atoms with Crippen LogP contribution in [0.1, 0.15) is 16.8 Å². The first kappa shape index (κ1) is 19.5. The number of carbonyl (C=O) groups is 1. The first-order valence-electron chi connectivity index (χ1n) is 8.27. The molecule has 0 fully saturated rings. The fourth-order valence-electron chi connectivity index (χ4n) is 2.23. The molecular formula is C18H25N5O3. The molecule has 0 saturated carbocycles. The smallest absolute Gasteiger partial charge is 0.258 e. The first-order chi connectivity index (χ1) is 12.5. The van der Waals surface area contributed by atoms with Gasteiger partial charge in [0.1, 0.15) is 11.5 Å². The first-order valence-corrected chi connectivity index (χ1v) is 8.27. The van der Waals surface area contributed by atoms with Crippen LogP contribution in [0.5, 0.6) is 11.5 Å². The van der Waals surface area contributed by atoms with Gasteiger partial charge >= 0.3 is 0 Å². The quantitative estimate of drug-likeness (QED) is 0.663. The number of hydrogen-bond acceptors (Lipinski definition) is 7. The Morgan fingerprint density at radius 3 is 2.50 bits per heavy atom. The molecule has 0 spiro atoms. The second-order valence-electron chi connectivity index (χ2n) is 5.90. The van der Waals surface area contributed by atoms with Crippen molar-refractivity contribution in [2.24, 2.45) is 0 Å². The zero-order valence-electron chi connectivity index (χ0n) is 15.6. The lowest BCUT2D eigenvalue weighted by Gasteiger charge is -2.12. The molecule has 1 aromatic heterocycles. The van der Waals surface area contributed by atoms with Gasteiger partial charge in [0.2, 0.25) is 5.95 Å². The average molecular weight is 359 g/mol. The molecule has 0 aliphatic rings. The SMILES string of the molecule is COc1ccc(NC(=O)c2cnc(NCCCN(C)C)nc2)c(OC)c1. The molecule has 0 aliphatic carbocycles. The Bertz CT molecular complexity index is 719. The maximum atomic E-state index is 12.4. The Kier molecular flexibility index (Phi) is 7.16. The number of nitrogens with one attached hydrogen (secondary N) is 2. The summed E-state index contributed by atoms with van der Waals surface area (Å²) in [5, 5.41) is 5.92. The van der Waals surface area contributed by atoms with E-state index in [4.69, 9.17) is 9.47 Å². The third kappa shape index (κ3) is 5.59. The Labute approximate surface area is 153 Å². The molecule has 0 bridgehead atoms. The van der Waals surface area contributed by atoms with Gasteiger partial charge in [0, 0.05) is 25.0 Å². The summed E-state index contributed by atoms with van der Waals surface area (Å²) in [6.07, 6.45) is 3.97. The summed E-state index contributed by atoms with van der Waals surface area (Å²) in [6.45, 7) is 1.75. The molecule has 140 valence electrons. The summed E-state index contributed by atoms with van der Waals surface area (Å²) in [7, 11) is 7.16. The van der Waals surface area contributed by atoms with Gasteiger partial charge in [-0.1, -0.05) is 0 Å². The molecular weight excluding hydrogens is 334 g/mol. The lowest BCUT2D eigenvalue weighted by molar-refractivity contribution is 0.102. The van der Waals surface area contributed by atoms with Crippen LogP contribution in [0.2, 0.25) is 0 Å². The molecule has 0 unspecified atom stereocenters. The van der Waals surface area contributed by atoms with Gasteiger partial charge in [0.25, 0.3) is 5.91 Å². The third-order valence-electron chi connectivity index (χ3n) is 3.64. The zero-order chi connectivity index (χ0) is 18.9. The second kappa shape index (κ2) is 9.57. The largest absolute Gasteiger partial charge is 0.497 e. The van der Waals surface area contributed by atoms with Crippen molar-refractivity contribution in [1.82, 2.24) is 14.9 Å². The van der Waals surface area contributed by atoms with Crippen molar-refractivity contribution in [3.05, 3.63) is 36.2 Å². The topological polar surface area (TPSA) is 88.6 Å². The molecule has 26 heavy (non-hydrogen) atoms. The Hall–Kier alpha value is -2.87. The second-order valence-corrected chi connectivity index (χ2v) is 5.90. The Morgan fingerprint density at radius 1 is 1.15 bits per heavy atom. The van der Waals surface area contributed by atoms with Crippen LogP contribution in [0.15, 0.2) is 30.6 Å². The standard InChI is InChI=1S/C18H25N5O3/c1-23(2)9-5-8-19-18-20-11-13(12-21-18)17(24)22-15-7-6-14(25-3)10-16(15)26-4/h6-7,10-12H,5,8-9H2,1-4H3,(H,22,24)(H,19,20,21). The lowest BCUT2D eigenvalue weighted by atomic mass is 10.2. The van der Waals surface area contributed by atoms with Gasteiger partial charge in [-0.25, -0.2) is 9.97 Å². The van der Waals surface area contributed by atoms with E-state index >= 15 is 0 Å². The summed E-state index contributed by atoms with van der Waals surface area (Å²) in [4.78, 5) is 22.9. The van der Waals surface area contributed by atoms with Gasteiger partial charge in [0.05, 0.1) is 25.5 Å². The summed E-state index contributed by atoms with van der Waals surface area (Å²) in [6, 6.07) is 5.17. The van der Waals surface area contributed by atoms with Crippen molar-refractivity contribution in [3.63, 3.8) is 0 Å². The van der Waals surface area contributed by atoms with Crippen LogP contribution in [0.4, 0.5) is 11.6 Å². The molecule has 1 amide bonds. The highest BCUT2D eigenvalue weighted by Gasteiger charge is 2.12. The van der Waals surface area contributed by atoms with Crippen LogP contribution in [0, 0.1) is 0 Å². The van der Waals surface area contributed by atoms with Gasteiger partial charge in [-0.3, -0.25) is 4.79 Å². The van der Waals surface area contributed by atoms with E-state index in [0.717, 1.165) is 19.5 Å². The highest BCUT2D eigenvalue weighted by molar-refractivity contribution is 6.04. The molecule has 2 rings (SSSR count). The average Bonchev–Trinajstić information content (AvgIpc) is 2.65. The maximum Gasteiger partial charge on any atom is 0.258 e. The van der Waals surface area contributed by atoms with E-state index < -0.39 is 0 Å². The van der Waals surface area contributed by atoms with Crippen molar-refractivity contribution < 1.29 is 14.3 Å². The number of methoxy groups -OCH3 is 2. The fraction of sp³-hybridized carbons (Fsp3) is 0.389. The summed E-state index contributed by atoms with van der Waals surface area (Å²) >= 11 is 0. The van der Waals surface area contributed by atoms with Gasteiger partial charge in [-0.05, 0) is 39.2 Å². The van der Waals surface area contributed by atoms with Crippen molar-refractivity contribution in [3.8, 4) is 11.5 Å². The number of hydrogen-bond donors (Lipinski definition) is 2. The number of benzene rings is 1. The molecule has 0 aliphatic heterocycles. The molecule has 2 aromatic rings. The highest BCUT2D eigenvalue weighted by atomic mass is 16.5. The third-order valence-corrected chi connectivity index (χ3v) is 3.64. The number of nitrogens with zero attached hydrogens (tertiary/aromatic N) is 3. The molecule has 2 N–H and O–H groups in total. The van der Waals surface area contributed by atoms with Crippen molar-refractivity contribution in [2.75, 3.05) is 52.0 Å². The highest BCUT2D eigenvalue weighted by Crippen LogP contribution is 2.29. The van der Waals surface area contributed by atoms with E-state index in [0.29, 0.717) is 28.7 Å². The van der Waals surface area contributed by atoms with E-state index in [2.05, 4.69) is 25.5 Å². The van der Waals surface area contributed by atoms with Gasteiger partial charge < -0.3 is 25.0 Å². The number of aromatic nitrogens is 2. The van der Waals surface area contributed by atoms with E-state index in [-0.39, 0.29) is 5.91 Å². The van der Waals surface area contributed by atoms with Crippen molar-refractivity contribution >= 4 is 17.5 Å². The number of anilines is 2. The monoisotopic (exact) mass is 359 g/mol. The molecule has 0 radical (unpaired) electrons. The number of ether oxygens (including phenoxy) is 2. The van der Waals surface area contributed by atoms with Crippen LogP contribution in [-0.4, -0.2) is 62.2 Å². The summed E-state index contributed by atoms with van der Waals surface area (Å²) in [5.41, 5.74) is 0.908. The summed E-state index contributed by atoms with van der Waals surface area (Å²) < 4.78 is 10.4. The van der Waals surface area contributed by atoms with Crippen molar-refractivity contribution in [2.45, 2.75) is 6.42 Å². The molecule has 8 heteroatoms. The van der Waals surface area contributed by atoms with Gasteiger partial charge in [-0.2, -0.15) is 0 Å². The lowest BCUT2D eigenvalue weighted by Crippen LogP contribution is -2.17. The minimum atomic E-state index is -0.312. The predicted octanol–water partition coefficient (Wildman–Crippen LogP) is 2.11. The molecule has 8 nitrogen and oxygen atoms in total. The van der Waals surface area contributed by atoms with Crippen LogP contribution >= 0.6 is 0 Å². The van der Waals surface area contributed by atoms with Crippen LogP contribution in [-0.2, 0) is 0 Å². The van der Waals surface area contributed by atoms with Crippen LogP contribution in [0.25, 0.3) is 0 Å². The van der Waals surface area contributed by atoms with Crippen molar-refractivity contribution in [1.29, 1.82) is 0 Å².